The van der Waals surface area contributed by atoms with Gasteiger partial charge in [-0.1, -0.05) is 6.07 Å². The minimum Gasteiger partial charge on any atom is -0.478 e. The average Bonchev–Trinajstić information content (AvgIpc) is 2.81. The van der Waals surface area contributed by atoms with E-state index in [9.17, 15) is 9.59 Å². The Balaban J connectivity index is 2.11. The highest BCUT2D eigenvalue weighted by Crippen LogP contribution is 2.11. The van der Waals surface area contributed by atoms with E-state index in [0.29, 0.717) is 5.82 Å². The Morgan fingerprint density at radius 2 is 2.17 bits per heavy atom. The van der Waals surface area contributed by atoms with Gasteiger partial charge in [-0.25, -0.2) is 9.78 Å². The Hall–Kier alpha value is -2.63. The van der Waals surface area contributed by atoms with Crippen LogP contribution in [-0.2, 0) is 0 Å². The first-order valence-electron chi connectivity index (χ1n) is 5.12. The first kappa shape index (κ1) is 11.8. The third-order valence-corrected chi connectivity index (χ3v) is 2.22. The molecule has 0 saturated carbocycles. The van der Waals surface area contributed by atoms with Crippen LogP contribution in [-0.4, -0.2) is 22.0 Å². The molecule has 18 heavy (non-hydrogen) atoms. The van der Waals surface area contributed by atoms with Gasteiger partial charge in [0.15, 0.2) is 5.76 Å². The number of hydrogen-bond donors (Lipinski definition) is 2. The fourth-order valence-corrected chi connectivity index (χ4v) is 1.29. The van der Waals surface area contributed by atoms with E-state index in [0.717, 1.165) is 17.9 Å². The number of carboxylic acid groups (broad SMARTS) is 1. The van der Waals surface area contributed by atoms with Gasteiger partial charge in [-0.15, -0.1) is 0 Å². The lowest BCUT2D eigenvalue weighted by atomic mass is 10.3. The summed E-state index contributed by atoms with van der Waals surface area (Å²) in [7, 11) is 0. The lowest BCUT2D eigenvalue weighted by molar-refractivity contribution is 0.0696. The number of carbonyl (C=O) groups excluding carboxylic acids is 1. The Morgan fingerprint density at radius 1 is 1.39 bits per heavy atom. The van der Waals surface area contributed by atoms with Crippen molar-refractivity contribution in [2.75, 3.05) is 5.32 Å². The number of furan rings is 1. The van der Waals surface area contributed by atoms with Crippen LogP contribution in [0.1, 0.15) is 26.5 Å². The van der Waals surface area contributed by atoms with E-state index in [1.165, 1.54) is 0 Å². The van der Waals surface area contributed by atoms with Gasteiger partial charge in [0, 0.05) is 12.3 Å². The Bertz CT molecular complexity index is 586. The van der Waals surface area contributed by atoms with Crippen molar-refractivity contribution in [3.8, 4) is 0 Å². The Kier molecular flexibility index (Phi) is 3.09. The zero-order valence-electron chi connectivity index (χ0n) is 9.51. The van der Waals surface area contributed by atoms with Crippen LogP contribution in [0.4, 0.5) is 5.82 Å². The fourth-order valence-electron chi connectivity index (χ4n) is 1.29. The van der Waals surface area contributed by atoms with Crippen LogP contribution in [0, 0.1) is 6.92 Å². The molecular weight excluding hydrogens is 236 g/mol. The molecule has 2 aromatic rings. The van der Waals surface area contributed by atoms with E-state index in [4.69, 9.17) is 9.52 Å². The topological polar surface area (TPSA) is 92.4 Å². The molecule has 2 heterocycles. The van der Waals surface area contributed by atoms with Gasteiger partial charge in [0.2, 0.25) is 0 Å². The number of hydrogen-bond acceptors (Lipinski definition) is 4. The monoisotopic (exact) mass is 246 g/mol. The molecule has 0 saturated heterocycles. The van der Waals surface area contributed by atoms with Gasteiger partial charge in [0.05, 0.1) is 5.56 Å². The lowest BCUT2D eigenvalue weighted by Crippen LogP contribution is -2.12. The van der Waals surface area contributed by atoms with Crippen molar-refractivity contribution in [3.05, 3.63) is 47.5 Å². The van der Waals surface area contributed by atoms with Gasteiger partial charge in [-0.05, 0) is 18.6 Å². The first-order valence-corrected chi connectivity index (χ1v) is 5.12. The van der Waals surface area contributed by atoms with Crippen molar-refractivity contribution < 1.29 is 19.1 Å². The minimum absolute atomic E-state index is 0.0722. The molecule has 0 atom stereocenters. The molecule has 0 aliphatic heterocycles. The summed E-state index contributed by atoms with van der Waals surface area (Å²) in [4.78, 5) is 26.3. The number of nitrogens with one attached hydrogen (secondary N) is 1. The molecule has 2 aromatic heterocycles. The van der Waals surface area contributed by atoms with Crippen molar-refractivity contribution >= 4 is 17.7 Å². The summed E-state index contributed by atoms with van der Waals surface area (Å²) >= 11 is 0. The number of anilines is 1. The van der Waals surface area contributed by atoms with Crippen LogP contribution < -0.4 is 5.32 Å². The van der Waals surface area contributed by atoms with Crippen LogP contribution in [0.2, 0.25) is 0 Å². The van der Waals surface area contributed by atoms with Crippen LogP contribution >= 0.6 is 0 Å². The first-order chi connectivity index (χ1) is 8.56. The molecule has 1 amide bonds. The quantitative estimate of drug-likeness (QED) is 0.863. The Labute approximate surface area is 102 Å². The van der Waals surface area contributed by atoms with Crippen LogP contribution in [0.15, 0.2) is 35.1 Å². The third-order valence-electron chi connectivity index (χ3n) is 2.22. The maximum Gasteiger partial charge on any atom is 0.338 e. The molecule has 0 fully saturated rings. The zero-order chi connectivity index (χ0) is 13.1. The van der Waals surface area contributed by atoms with Gasteiger partial charge >= 0.3 is 5.97 Å². The number of aromatic nitrogens is 1. The molecule has 0 aliphatic carbocycles. The standard InChI is InChI=1S/C12H10N2O4/c1-7-2-3-10(13-5-7)14-11(15)9-4-8(6-18-9)12(16)17/h2-6H,1H3,(H,16,17)(H,13,14,15). The summed E-state index contributed by atoms with van der Waals surface area (Å²) in [6, 6.07) is 4.60. The lowest BCUT2D eigenvalue weighted by Gasteiger charge is -2.01. The molecule has 0 spiro atoms. The summed E-state index contributed by atoms with van der Waals surface area (Å²) in [5, 5.41) is 11.2. The van der Waals surface area contributed by atoms with Crippen molar-refractivity contribution in [2.24, 2.45) is 0 Å². The number of nitrogens with zero attached hydrogens (tertiary/aromatic N) is 1. The molecule has 2 N–H and O–H groups in total. The number of carboxylic acids is 1. The molecule has 92 valence electrons. The summed E-state index contributed by atoms with van der Waals surface area (Å²) < 4.78 is 4.86. The Morgan fingerprint density at radius 3 is 2.72 bits per heavy atom. The molecule has 0 aliphatic rings. The molecule has 0 unspecified atom stereocenters. The number of pyridine rings is 1. The van der Waals surface area contributed by atoms with Crippen LogP contribution in [0.25, 0.3) is 0 Å². The van der Waals surface area contributed by atoms with E-state index in [1.54, 1.807) is 18.3 Å². The van der Waals surface area contributed by atoms with E-state index < -0.39 is 11.9 Å². The van der Waals surface area contributed by atoms with Crippen molar-refractivity contribution in [2.45, 2.75) is 6.92 Å². The predicted octanol–water partition coefficient (Wildman–Crippen LogP) is 1.93. The molecule has 0 aromatic carbocycles. The van der Waals surface area contributed by atoms with Gasteiger partial charge in [-0.2, -0.15) is 0 Å². The predicted molar refractivity (Wildman–Crippen MR) is 62.6 cm³/mol. The summed E-state index contributed by atoms with van der Waals surface area (Å²) in [5.41, 5.74) is 0.899. The number of aromatic carboxylic acids is 1. The van der Waals surface area contributed by atoms with Gasteiger partial charge in [0.1, 0.15) is 12.1 Å². The molecule has 6 nitrogen and oxygen atoms in total. The highest BCUT2D eigenvalue weighted by atomic mass is 16.4. The molecule has 6 heteroatoms. The fraction of sp³-hybridized carbons (Fsp3) is 0.0833. The number of amides is 1. The second-order valence-corrected chi connectivity index (χ2v) is 3.68. The largest absolute Gasteiger partial charge is 0.478 e. The number of rotatable bonds is 3. The summed E-state index contributed by atoms with van der Waals surface area (Å²) in [6.45, 7) is 1.88. The smallest absolute Gasteiger partial charge is 0.338 e. The van der Waals surface area contributed by atoms with Gasteiger partial charge in [-0.3, -0.25) is 4.79 Å². The third kappa shape index (κ3) is 2.54. The van der Waals surface area contributed by atoms with Crippen molar-refractivity contribution in [1.29, 1.82) is 0 Å². The summed E-state index contributed by atoms with van der Waals surface area (Å²) in [5.74, 6) is -1.39. The average molecular weight is 246 g/mol. The maximum absolute atomic E-state index is 11.7. The summed E-state index contributed by atoms with van der Waals surface area (Å²) in [6.07, 6.45) is 2.63. The SMILES string of the molecule is Cc1ccc(NC(=O)c2cc(C(=O)O)co2)nc1. The highest BCUT2D eigenvalue weighted by molar-refractivity contribution is 6.03. The molecule has 0 bridgehead atoms. The maximum atomic E-state index is 11.7. The molecule has 0 radical (unpaired) electrons. The van der Waals surface area contributed by atoms with E-state index >= 15 is 0 Å². The van der Waals surface area contributed by atoms with Gasteiger partial charge in [0.25, 0.3) is 5.91 Å². The highest BCUT2D eigenvalue weighted by Gasteiger charge is 2.14. The number of carbonyl (C=O) groups is 2. The minimum atomic E-state index is -1.15. The zero-order valence-corrected chi connectivity index (χ0v) is 9.51. The second-order valence-electron chi connectivity index (χ2n) is 3.68. The molecule has 2 rings (SSSR count). The van der Waals surface area contributed by atoms with Gasteiger partial charge < -0.3 is 14.8 Å². The van der Waals surface area contributed by atoms with Crippen LogP contribution in [0.5, 0.6) is 0 Å². The van der Waals surface area contributed by atoms with Crippen LogP contribution in [0.3, 0.4) is 0 Å². The van der Waals surface area contributed by atoms with Crippen molar-refractivity contribution in [1.82, 2.24) is 4.98 Å². The van der Waals surface area contributed by atoms with E-state index in [-0.39, 0.29) is 11.3 Å². The van der Waals surface area contributed by atoms with E-state index in [2.05, 4.69) is 10.3 Å². The second kappa shape index (κ2) is 4.70. The molecular formula is C12H10N2O4. The number of aryl methyl sites for hydroxylation is 1. The normalized spacial score (nSPS) is 10.1. The van der Waals surface area contributed by atoms with Crippen molar-refractivity contribution in [3.63, 3.8) is 0 Å². The van der Waals surface area contributed by atoms with E-state index in [1.807, 2.05) is 6.92 Å².